The van der Waals surface area contributed by atoms with Crippen molar-refractivity contribution in [3.05, 3.63) is 54.6 Å². The Balaban J connectivity index is 1.62. The first-order valence-electron chi connectivity index (χ1n) is 12.1. The van der Waals surface area contributed by atoms with E-state index in [1.165, 1.54) is 24.3 Å². The molecule has 1 aliphatic heterocycles. The Morgan fingerprint density at radius 2 is 1.81 bits per heavy atom. The Labute approximate surface area is 217 Å². The molecule has 0 radical (unpaired) electrons. The summed E-state index contributed by atoms with van der Waals surface area (Å²) in [5.74, 6) is 0.806. The van der Waals surface area contributed by atoms with Crippen LogP contribution in [0.3, 0.4) is 0 Å². The lowest BCUT2D eigenvalue weighted by molar-refractivity contribution is -0.131. The predicted molar refractivity (Wildman–Crippen MR) is 137 cm³/mol. The number of rotatable bonds is 10. The second-order valence-electron chi connectivity index (χ2n) is 8.66. The number of ether oxygens (including phenoxy) is 1. The van der Waals surface area contributed by atoms with Gasteiger partial charge in [0.05, 0.1) is 4.90 Å². The van der Waals surface area contributed by atoms with Crippen molar-refractivity contribution in [2.24, 2.45) is 10.9 Å². The molecule has 198 valence electrons. The molecule has 3 rings (SSSR count). The highest BCUT2D eigenvalue weighted by atomic mass is 32.2. The number of carbonyl (C=O) groups is 1. The van der Waals surface area contributed by atoms with E-state index in [1.807, 2.05) is 36.2 Å². The maximum Gasteiger partial charge on any atom is 0.261 e. The summed E-state index contributed by atoms with van der Waals surface area (Å²) in [6, 6.07) is 13.8. The molecule has 4 N–H and O–H groups in total. The smallest absolute Gasteiger partial charge is 0.261 e. The number of nitrogens with one attached hydrogen (secondary N) is 3. The van der Waals surface area contributed by atoms with E-state index >= 15 is 0 Å². The number of hydrogen-bond donors (Lipinski definition) is 4. The van der Waals surface area contributed by atoms with Crippen LogP contribution in [0.2, 0.25) is 0 Å². The Kier molecular flexibility index (Phi) is 10.3. The molecule has 1 fully saturated rings. The summed E-state index contributed by atoms with van der Waals surface area (Å²) in [4.78, 5) is 18.2. The molecule has 0 aromatic heterocycles. The van der Waals surface area contributed by atoms with Crippen molar-refractivity contribution < 1.29 is 23.2 Å². The van der Waals surface area contributed by atoms with Gasteiger partial charge < -0.3 is 15.0 Å². The van der Waals surface area contributed by atoms with E-state index in [4.69, 9.17) is 10.00 Å². The quantitative estimate of drug-likeness (QED) is 0.121. The highest BCUT2D eigenvalue weighted by Gasteiger charge is 2.31. The van der Waals surface area contributed by atoms with Gasteiger partial charge in [0.1, 0.15) is 17.5 Å². The zero-order chi connectivity index (χ0) is 26.7. The van der Waals surface area contributed by atoms with Crippen molar-refractivity contribution >= 4 is 21.9 Å². The number of aliphatic imine (C=N–C) groups is 1. The standard InChI is InChI=1S/C25H32N6O5S/c1-2-14-27-25(28-18-26)31-15-12-19(13-16-31)17-23(24(32)29-33)30-37(34,35)22-10-8-21(9-11-22)36-20-6-4-3-5-7-20/h3-11,19,23,30,33H,2,12-17H2,1H3,(H,27,28)(H,29,32). The van der Waals surface area contributed by atoms with Crippen molar-refractivity contribution in [1.82, 2.24) is 20.4 Å². The van der Waals surface area contributed by atoms with Crippen molar-refractivity contribution in [3.8, 4) is 17.7 Å². The fourth-order valence-electron chi connectivity index (χ4n) is 4.07. The molecule has 2 aromatic rings. The minimum absolute atomic E-state index is 0.0254. The van der Waals surface area contributed by atoms with Crippen LogP contribution < -0.4 is 20.3 Å². The first-order valence-corrected chi connectivity index (χ1v) is 13.6. The molecular formula is C25H32N6O5S. The summed E-state index contributed by atoms with van der Waals surface area (Å²) < 4.78 is 34.1. The Morgan fingerprint density at radius 3 is 2.41 bits per heavy atom. The number of likely N-dealkylation sites (tertiary alicyclic amines) is 1. The van der Waals surface area contributed by atoms with Gasteiger partial charge >= 0.3 is 0 Å². The van der Waals surface area contributed by atoms with Crippen LogP contribution in [0.5, 0.6) is 11.5 Å². The molecule has 1 amide bonds. The molecule has 1 heterocycles. The number of hydroxylamine groups is 1. The largest absolute Gasteiger partial charge is 0.457 e. The molecule has 1 atom stereocenters. The maximum absolute atomic E-state index is 13.0. The van der Waals surface area contributed by atoms with E-state index in [2.05, 4.69) is 15.0 Å². The topological polar surface area (TPSA) is 156 Å². The fraction of sp³-hybridized carbons (Fsp3) is 0.400. The fourth-order valence-corrected chi connectivity index (χ4v) is 5.28. The van der Waals surface area contributed by atoms with E-state index in [0.29, 0.717) is 49.9 Å². The monoisotopic (exact) mass is 528 g/mol. The number of nitrogens with zero attached hydrogens (tertiary/aromatic N) is 3. The zero-order valence-electron chi connectivity index (χ0n) is 20.6. The molecule has 0 aliphatic carbocycles. The van der Waals surface area contributed by atoms with E-state index in [0.717, 1.165) is 6.42 Å². The van der Waals surface area contributed by atoms with Gasteiger partial charge in [0, 0.05) is 19.6 Å². The third-order valence-electron chi connectivity index (χ3n) is 6.01. The van der Waals surface area contributed by atoms with Gasteiger partial charge in [-0.3, -0.25) is 10.0 Å². The summed E-state index contributed by atoms with van der Waals surface area (Å²) in [5, 5.41) is 21.3. The van der Waals surface area contributed by atoms with Gasteiger partial charge in [0.25, 0.3) is 5.91 Å². The van der Waals surface area contributed by atoms with Crippen molar-refractivity contribution in [1.29, 1.82) is 5.26 Å². The van der Waals surface area contributed by atoms with Gasteiger partial charge in [-0.2, -0.15) is 9.98 Å². The van der Waals surface area contributed by atoms with E-state index in [1.54, 1.807) is 17.6 Å². The number of benzene rings is 2. The van der Waals surface area contributed by atoms with Crippen LogP contribution in [-0.2, 0) is 14.8 Å². The molecule has 12 heteroatoms. The molecule has 2 aromatic carbocycles. The van der Waals surface area contributed by atoms with Gasteiger partial charge in [-0.1, -0.05) is 25.1 Å². The Morgan fingerprint density at radius 1 is 1.16 bits per heavy atom. The molecular weight excluding hydrogens is 496 g/mol. The second kappa shape index (κ2) is 13.6. The van der Waals surface area contributed by atoms with Crippen LogP contribution in [0.4, 0.5) is 0 Å². The van der Waals surface area contributed by atoms with Crippen LogP contribution >= 0.6 is 0 Å². The number of amides is 1. The molecule has 37 heavy (non-hydrogen) atoms. The average molecular weight is 529 g/mol. The molecule has 0 spiro atoms. The molecule has 11 nitrogen and oxygen atoms in total. The molecule has 0 saturated carbocycles. The molecule has 0 bridgehead atoms. The summed E-state index contributed by atoms with van der Waals surface area (Å²) in [6.07, 6.45) is 4.25. The van der Waals surface area contributed by atoms with Crippen LogP contribution in [-0.4, -0.2) is 56.1 Å². The van der Waals surface area contributed by atoms with Gasteiger partial charge in [-0.15, -0.1) is 4.99 Å². The number of guanidine groups is 1. The van der Waals surface area contributed by atoms with E-state index in [9.17, 15) is 18.4 Å². The zero-order valence-corrected chi connectivity index (χ0v) is 21.4. The Bertz CT molecular complexity index is 1190. The maximum atomic E-state index is 13.0. The number of piperidine rings is 1. The first kappa shape index (κ1) is 27.9. The molecule has 1 aliphatic rings. The Hall–Kier alpha value is -3.66. The second-order valence-corrected chi connectivity index (χ2v) is 10.4. The van der Waals surface area contributed by atoms with Crippen molar-refractivity contribution in [2.75, 3.05) is 19.6 Å². The van der Waals surface area contributed by atoms with E-state index < -0.39 is 22.0 Å². The lowest BCUT2D eigenvalue weighted by atomic mass is 9.90. The SMILES string of the molecule is CCCN/C(=N/C#N)N1CCC(CC(NS(=O)(=O)c2ccc(Oc3ccccc3)cc2)C(=O)NO)CC1. The molecule has 1 unspecified atom stereocenters. The minimum atomic E-state index is -4.05. The van der Waals surface area contributed by atoms with E-state index in [-0.39, 0.29) is 17.2 Å². The normalized spacial score (nSPS) is 15.5. The van der Waals surface area contributed by atoms with Crippen LogP contribution in [0.1, 0.15) is 32.6 Å². The van der Waals surface area contributed by atoms with Crippen LogP contribution in [0, 0.1) is 17.4 Å². The van der Waals surface area contributed by atoms with Crippen molar-refractivity contribution in [3.63, 3.8) is 0 Å². The highest BCUT2D eigenvalue weighted by molar-refractivity contribution is 7.89. The summed E-state index contributed by atoms with van der Waals surface area (Å²) in [7, 11) is -4.05. The van der Waals surface area contributed by atoms with Gasteiger partial charge in [-0.05, 0) is 68.0 Å². The van der Waals surface area contributed by atoms with Gasteiger partial charge in [0.2, 0.25) is 22.2 Å². The summed E-state index contributed by atoms with van der Waals surface area (Å²) >= 11 is 0. The number of carbonyl (C=O) groups excluding carboxylic acids is 1. The number of para-hydroxylation sites is 1. The minimum Gasteiger partial charge on any atom is -0.457 e. The van der Waals surface area contributed by atoms with Gasteiger partial charge in [0.15, 0.2) is 0 Å². The lowest BCUT2D eigenvalue weighted by Crippen LogP contribution is -2.49. The lowest BCUT2D eigenvalue weighted by Gasteiger charge is -2.35. The van der Waals surface area contributed by atoms with Crippen LogP contribution in [0.25, 0.3) is 0 Å². The summed E-state index contributed by atoms with van der Waals surface area (Å²) in [5.41, 5.74) is 1.57. The average Bonchev–Trinajstić information content (AvgIpc) is 2.91. The highest BCUT2D eigenvalue weighted by Crippen LogP contribution is 2.25. The molecule has 1 saturated heterocycles. The number of nitriles is 1. The number of hydrogen-bond acceptors (Lipinski definition) is 7. The third kappa shape index (κ3) is 8.18. The summed E-state index contributed by atoms with van der Waals surface area (Å²) in [6.45, 7) is 3.92. The predicted octanol–water partition coefficient (Wildman–Crippen LogP) is 2.57. The van der Waals surface area contributed by atoms with Crippen molar-refractivity contribution in [2.45, 2.75) is 43.5 Å². The third-order valence-corrected chi connectivity index (χ3v) is 7.50. The number of sulfonamides is 1. The van der Waals surface area contributed by atoms with Gasteiger partial charge in [-0.25, -0.2) is 13.9 Å². The van der Waals surface area contributed by atoms with Crippen LogP contribution in [0.15, 0.2) is 64.5 Å². The first-order chi connectivity index (χ1) is 17.9.